The first-order valence-corrected chi connectivity index (χ1v) is 11.5. The van der Waals surface area contributed by atoms with Crippen LogP contribution >= 0.6 is 0 Å². The number of oxazole rings is 1. The zero-order valence-corrected chi connectivity index (χ0v) is 19.1. The van der Waals surface area contributed by atoms with Gasteiger partial charge in [0.05, 0.1) is 0 Å². The molecular weight excluding hydrogens is 402 g/mol. The van der Waals surface area contributed by atoms with E-state index >= 15 is 0 Å². The maximum Gasteiger partial charge on any atom is 0.253 e. The van der Waals surface area contributed by atoms with E-state index in [2.05, 4.69) is 17.2 Å². The molecule has 1 aliphatic rings. The molecule has 6 nitrogen and oxygen atoms in total. The first-order chi connectivity index (χ1) is 15.4. The topological polar surface area (TPSA) is 75.4 Å². The third-order valence-electron chi connectivity index (χ3n) is 6.33. The third-order valence-corrected chi connectivity index (χ3v) is 6.33. The van der Waals surface area contributed by atoms with Crippen LogP contribution in [0.1, 0.15) is 55.5 Å². The minimum absolute atomic E-state index is 0.00860. The third kappa shape index (κ3) is 5.01. The second-order valence-corrected chi connectivity index (χ2v) is 8.88. The van der Waals surface area contributed by atoms with Crippen LogP contribution in [-0.2, 0) is 4.79 Å². The Labute approximate surface area is 189 Å². The van der Waals surface area contributed by atoms with E-state index in [1.165, 1.54) is 5.56 Å². The summed E-state index contributed by atoms with van der Waals surface area (Å²) in [5, 5.41) is 3.03. The second kappa shape index (κ2) is 9.55. The molecule has 0 aliphatic carbocycles. The molecule has 6 heteroatoms. The van der Waals surface area contributed by atoms with Gasteiger partial charge in [-0.25, -0.2) is 4.98 Å². The molecule has 32 heavy (non-hydrogen) atoms. The van der Waals surface area contributed by atoms with Crippen LogP contribution in [0.5, 0.6) is 0 Å². The lowest BCUT2D eigenvalue weighted by Gasteiger charge is -2.32. The van der Waals surface area contributed by atoms with E-state index in [1.54, 1.807) is 6.07 Å². The van der Waals surface area contributed by atoms with E-state index in [9.17, 15) is 9.59 Å². The van der Waals surface area contributed by atoms with E-state index in [1.807, 2.05) is 55.1 Å². The van der Waals surface area contributed by atoms with Gasteiger partial charge >= 0.3 is 0 Å². The number of fused-ring (bicyclic) bond motifs is 1. The van der Waals surface area contributed by atoms with Gasteiger partial charge in [0, 0.05) is 36.7 Å². The molecule has 1 atom stereocenters. The lowest BCUT2D eigenvalue weighted by molar-refractivity contribution is -0.122. The average molecular weight is 434 g/mol. The summed E-state index contributed by atoms with van der Waals surface area (Å²) in [5.41, 5.74) is 4.07. The van der Waals surface area contributed by atoms with Crippen molar-refractivity contribution in [3.05, 3.63) is 53.6 Å². The maximum atomic E-state index is 13.1. The molecule has 3 aromatic rings. The molecule has 1 aromatic heterocycles. The minimum Gasteiger partial charge on any atom is -0.436 e. The van der Waals surface area contributed by atoms with E-state index in [4.69, 9.17) is 4.42 Å². The van der Waals surface area contributed by atoms with Crippen molar-refractivity contribution in [1.82, 2.24) is 15.2 Å². The van der Waals surface area contributed by atoms with Gasteiger partial charge in [0.2, 0.25) is 11.8 Å². The summed E-state index contributed by atoms with van der Waals surface area (Å²) < 4.78 is 5.89. The van der Waals surface area contributed by atoms with Gasteiger partial charge in [0.25, 0.3) is 5.91 Å². The molecule has 2 aromatic carbocycles. The van der Waals surface area contributed by atoms with Gasteiger partial charge in [0.1, 0.15) is 5.52 Å². The summed E-state index contributed by atoms with van der Waals surface area (Å²) in [6.07, 6.45) is 3.17. The summed E-state index contributed by atoms with van der Waals surface area (Å²) in [6, 6.07) is 13.7. The number of rotatable bonds is 6. The number of hydrogen-bond acceptors (Lipinski definition) is 4. The Hall–Kier alpha value is -3.15. The Morgan fingerprint density at radius 3 is 2.56 bits per heavy atom. The van der Waals surface area contributed by atoms with Crippen LogP contribution in [0.4, 0.5) is 0 Å². The molecule has 1 N–H and O–H groups in total. The van der Waals surface area contributed by atoms with Crippen molar-refractivity contribution in [3.8, 4) is 11.5 Å². The molecule has 0 spiro atoms. The first-order valence-electron chi connectivity index (χ1n) is 11.5. The van der Waals surface area contributed by atoms with Gasteiger partial charge in [-0.1, -0.05) is 24.6 Å². The average Bonchev–Trinajstić information content (AvgIpc) is 3.22. The molecule has 2 heterocycles. The SMILES string of the molecule is CC[C@H](C)NC(=O)CC1CCN(C(=O)c2ccc3oc(-c4ccc(C)cc4)nc3c2)CC1. The molecule has 168 valence electrons. The number of piperidine rings is 1. The molecule has 1 saturated heterocycles. The number of hydrogen-bond donors (Lipinski definition) is 1. The van der Waals surface area contributed by atoms with Crippen LogP contribution in [0.2, 0.25) is 0 Å². The largest absolute Gasteiger partial charge is 0.436 e. The molecule has 1 fully saturated rings. The highest BCUT2D eigenvalue weighted by atomic mass is 16.3. The van der Waals surface area contributed by atoms with Crippen molar-refractivity contribution in [2.24, 2.45) is 5.92 Å². The number of carbonyl (C=O) groups is 2. The summed E-state index contributed by atoms with van der Waals surface area (Å²) in [6.45, 7) is 7.47. The van der Waals surface area contributed by atoms with Crippen molar-refractivity contribution < 1.29 is 14.0 Å². The Morgan fingerprint density at radius 1 is 1.16 bits per heavy atom. The van der Waals surface area contributed by atoms with Gasteiger partial charge in [-0.3, -0.25) is 9.59 Å². The molecule has 0 unspecified atom stereocenters. The Balaban J connectivity index is 1.39. The summed E-state index contributed by atoms with van der Waals surface area (Å²) >= 11 is 0. The van der Waals surface area contributed by atoms with Gasteiger partial charge < -0.3 is 14.6 Å². The van der Waals surface area contributed by atoms with Crippen LogP contribution in [0, 0.1) is 12.8 Å². The van der Waals surface area contributed by atoms with Crippen LogP contribution in [0.3, 0.4) is 0 Å². The highest BCUT2D eigenvalue weighted by molar-refractivity contribution is 5.97. The standard InChI is InChI=1S/C26H31N3O3/c1-4-18(3)27-24(30)15-19-11-13-29(14-12-19)26(31)21-9-10-23-22(16-21)28-25(32-23)20-7-5-17(2)6-8-20/h5-10,16,18-19H,4,11-15H2,1-3H3,(H,27,30)/t18-/m0/s1. The number of benzene rings is 2. The number of nitrogens with one attached hydrogen (secondary N) is 1. The number of aryl methyl sites for hydroxylation is 1. The Bertz CT molecular complexity index is 1100. The van der Waals surface area contributed by atoms with E-state index in [0.29, 0.717) is 48.0 Å². The van der Waals surface area contributed by atoms with Crippen LogP contribution in [0.25, 0.3) is 22.6 Å². The van der Waals surface area contributed by atoms with Gasteiger partial charge in [-0.2, -0.15) is 0 Å². The maximum absolute atomic E-state index is 13.1. The molecule has 2 amide bonds. The molecule has 0 bridgehead atoms. The number of amides is 2. The molecule has 4 rings (SSSR count). The fraction of sp³-hybridized carbons (Fsp3) is 0.423. The number of carbonyl (C=O) groups excluding carboxylic acids is 2. The number of aromatic nitrogens is 1. The zero-order chi connectivity index (χ0) is 22.7. The second-order valence-electron chi connectivity index (χ2n) is 8.88. The monoisotopic (exact) mass is 433 g/mol. The van der Waals surface area contributed by atoms with Crippen LogP contribution in [0.15, 0.2) is 46.9 Å². The molecular formula is C26H31N3O3. The van der Waals surface area contributed by atoms with Crippen molar-refractivity contribution >= 4 is 22.9 Å². The van der Waals surface area contributed by atoms with Crippen LogP contribution < -0.4 is 5.32 Å². The Morgan fingerprint density at radius 2 is 1.88 bits per heavy atom. The lowest BCUT2D eigenvalue weighted by atomic mass is 9.92. The quantitative estimate of drug-likeness (QED) is 0.596. The summed E-state index contributed by atoms with van der Waals surface area (Å²) in [4.78, 5) is 31.7. The fourth-order valence-corrected chi connectivity index (χ4v) is 4.10. The van der Waals surface area contributed by atoms with Crippen molar-refractivity contribution in [3.63, 3.8) is 0 Å². The predicted octanol–water partition coefficient (Wildman–Crippen LogP) is 4.96. The first kappa shape index (κ1) is 22.1. The number of likely N-dealkylation sites (tertiary alicyclic amines) is 1. The molecule has 0 radical (unpaired) electrons. The number of nitrogens with zero attached hydrogens (tertiary/aromatic N) is 2. The van der Waals surface area contributed by atoms with Gasteiger partial charge in [0.15, 0.2) is 5.58 Å². The lowest BCUT2D eigenvalue weighted by Crippen LogP contribution is -2.40. The van der Waals surface area contributed by atoms with Gasteiger partial charge in [-0.05, 0) is 69.4 Å². The van der Waals surface area contributed by atoms with Gasteiger partial charge in [-0.15, -0.1) is 0 Å². The predicted molar refractivity (Wildman–Crippen MR) is 125 cm³/mol. The molecule has 0 saturated carbocycles. The highest BCUT2D eigenvalue weighted by Crippen LogP contribution is 2.27. The van der Waals surface area contributed by atoms with E-state index in [-0.39, 0.29) is 17.9 Å². The minimum atomic E-state index is 0.00860. The van der Waals surface area contributed by atoms with E-state index in [0.717, 1.165) is 24.8 Å². The van der Waals surface area contributed by atoms with E-state index < -0.39 is 0 Å². The molecule has 1 aliphatic heterocycles. The van der Waals surface area contributed by atoms with Crippen molar-refractivity contribution in [1.29, 1.82) is 0 Å². The summed E-state index contributed by atoms with van der Waals surface area (Å²) in [7, 11) is 0. The van der Waals surface area contributed by atoms with Crippen LogP contribution in [-0.4, -0.2) is 40.8 Å². The zero-order valence-electron chi connectivity index (χ0n) is 19.1. The van der Waals surface area contributed by atoms with Crippen molar-refractivity contribution in [2.75, 3.05) is 13.1 Å². The van der Waals surface area contributed by atoms with Crippen molar-refractivity contribution in [2.45, 2.75) is 52.5 Å². The Kier molecular flexibility index (Phi) is 6.58. The summed E-state index contributed by atoms with van der Waals surface area (Å²) in [5.74, 6) is 1.01. The fourth-order valence-electron chi connectivity index (χ4n) is 4.10. The highest BCUT2D eigenvalue weighted by Gasteiger charge is 2.26. The normalized spacial score (nSPS) is 15.7. The smallest absolute Gasteiger partial charge is 0.253 e.